The van der Waals surface area contributed by atoms with Gasteiger partial charge in [-0.3, -0.25) is 4.79 Å². The van der Waals surface area contributed by atoms with Crippen LogP contribution in [0.2, 0.25) is 0 Å². The molecule has 1 aromatic rings. The third-order valence-corrected chi connectivity index (χ3v) is 3.36. The topological polar surface area (TPSA) is 41.1 Å². The normalized spacial score (nSPS) is 16.1. The molecule has 0 bridgehead atoms. The summed E-state index contributed by atoms with van der Waals surface area (Å²) >= 11 is 0. The van der Waals surface area contributed by atoms with Crippen molar-refractivity contribution in [3.8, 4) is 0 Å². The Morgan fingerprint density at radius 3 is 2.60 bits per heavy atom. The molecule has 0 atom stereocenters. The molecule has 20 heavy (non-hydrogen) atoms. The number of carbonyl (C=O) groups excluding carboxylic acids is 1. The van der Waals surface area contributed by atoms with Gasteiger partial charge in [0.25, 0.3) is 0 Å². The predicted molar refractivity (Wildman–Crippen MR) is 70.3 cm³/mol. The van der Waals surface area contributed by atoms with E-state index in [-0.39, 0.29) is 18.5 Å². The van der Waals surface area contributed by atoms with Crippen LogP contribution in [0.1, 0.15) is 31.2 Å². The monoisotopic (exact) mass is 286 g/mol. The van der Waals surface area contributed by atoms with E-state index in [1.165, 1.54) is 12.1 Å². The number of rotatable bonds is 4. The van der Waals surface area contributed by atoms with E-state index in [0.717, 1.165) is 37.8 Å². The van der Waals surface area contributed by atoms with E-state index < -0.39 is 11.7 Å². The van der Waals surface area contributed by atoms with Gasteiger partial charge in [-0.1, -0.05) is 18.9 Å². The fourth-order valence-electron chi connectivity index (χ4n) is 2.34. The Labute approximate surface area is 115 Å². The third-order valence-electron chi connectivity index (χ3n) is 3.36. The highest BCUT2D eigenvalue weighted by Crippen LogP contribution is 2.30. The first kappa shape index (κ1) is 14.7. The van der Waals surface area contributed by atoms with Gasteiger partial charge in [0.1, 0.15) is 0 Å². The van der Waals surface area contributed by atoms with Gasteiger partial charge in [-0.05, 0) is 31.0 Å². The standard InChI is InChI=1S/C14H17F3N2O/c15-14(16,17)10-4-3-7-12(8-10)18-9-13(20)19-11-5-1-2-6-11/h3-4,7-8,11,18H,1-2,5-6,9H2,(H,19,20). The van der Waals surface area contributed by atoms with E-state index in [1.807, 2.05) is 0 Å². The lowest BCUT2D eigenvalue weighted by Gasteiger charge is -2.13. The summed E-state index contributed by atoms with van der Waals surface area (Å²) in [5.74, 6) is -0.186. The van der Waals surface area contributed by atoms with E-state index in [4.69, 9.17) is 0 Å². The van der Waals surface area contributed by atoms with Crippen molar-refractivity contribution < 1.29 is 18.0 Å². The molecule has 0 aromatic heterocycles. The average Bonchev–Trinajstić information content (AvgIpc) is 2.88. The molecule has 1 saturated carbocycles. The lowest BCUT2D eigenvalue weighted by molar-refractivity contribution is -0.137. The zero-order chi connectivity index (χ0) is 14.6. The number of carbonyl (C=O) groups is 1. The highest BCUT2D eigenvalue weighted by atomic mass is 19.4. The zero-order valence-corrected chi connectivity index (χ0v) is 11.0. The van der Waals surface area contributed by atoms with Crippen LogP contribution in [0.5, 0.6) is 0 Å². The van der Waals surface area contributed by atoms with Crippen molar-refractivity contribution in [1.29, 1.82) is 0 Å². The summed E-state index contributed by atoms with van der Waals surface area (Å²) in [6.07, 6.45) is -0.174. The van der Waals surface area contributed by atoms with E-state index in [2.05, 4.69) is 10.6 Å². The number of benzene rings is 1. The predicted octanol–water partition coefficient (Wildman–Crippen LogP) is 3.18. The van der Waals surface area contributed by atoms with Gasteiger partial charge < -0.3 is 10.6 Å². The molecule has 0 unspecified atom stereocenters. The van der Waals surface area contributed by atoms with Crippen LogP contribution < -0.4 is 10.6 Å². The van der Waals surface area contributed by atoms with Gasteiger partial charge in [-0.25, -0.2) is 0 Å². The lowest BCUT2D eigenvalue weighted by atomic mass is 10.2. The highest BCUT2D eigenvalue weighted by Gasteiger charge is 2.30. The minimum absolute atomic E-state index is 0.0161. The van der Waals surface area contributed by atoms with Crippen LogP contribution in [0.25, 0.3) is 0 Å². The molecule has 0 saturated heterocycles. The molecule has 6 heteroatoms. The summed E-state index contributed by atoms with van der Waals surface area (Å²) in [4.78, 5) is 11.7. The van der Waals surface area contributed by atoms with Crippen molar-refractivity contribution in [2.45, 2.75) is 37.9 Å². The number of anilines is 1. The molecular weight excluding hydrogens is 269 g/mol. The fraction of sp³-hybridized carbons (Fsp3) is 0.500. The zero-order valence-electron chi connectivity index (χ0n) is 11.0. The van der Waals surface area contributed by atoms with E-state index in [9.17, 15) is 18.0 Å². The molecule has 2 rings (SSSR count). The van der Waals surface area contributed by atoms with Crippen LogP contribution in [0.15, 0.2) is 24.3 Å². The van der Waals surface area contributed by atoms with Gasteiger partial charge in [0.05, 0.1) is 12.1 Å². The van der Waals surface area contributed by atoms with Crippen molar-refractivity contribution in [3.63, 3.8) is 0 Å². The number of nitrogens with one attached hydrogen (secondary N) is 2. The molecule has 1 aliphatic carbocycles. The fourth-order valence-corrected chi connectivity index (χ4v) is 2.34. The number of halogens is 3. The average molecular weight is 286 g/mol. The van der Waals surface area contributed by atoms with Crippen molar-refractivity contribution in [2.24, 2.45) is 0 Å². The molecule has 1 aromatic carbocycles. The van der Waals surface area contributed by atoms with Gasteiger partial charge in [-0.15, -0.1) is 0 Å². The number of hydrogen-bond acceptors (Lipinski definition) is 2. The van der Waals surface area contributed by atoms with E-state index >= 15 is 0 Å². The smallest absolute Gasteiger partial charge is 0.376 e. The first-order valence-corrected chi connectivity index (χ1v) is 6.65. The van der Waals surface area contributed by atoms with Crippen LogP contribution in [0.4, 0.5) is 18.9 Å². The SMILES string of the molecule is O=C(CNc1cccc(C(F)(F)F)c1)NC1CCCC1. The van der Waals surface area contributed by atoms with Crippen molar-refractivity contribution in [1.82, 2.24) is 5.32 Å². The second-order valence-corrected chi connectivity index (χ2v) is 4.98. The first-order chi connectivity index (χ1) is 9.45. The summed E-state index contributed by atoms with van der Waals surface area (Å²) in [7, 11) is 0. The Bertz CT molecular complexity index is 468. The minimum Gasteiger partial charge on any atom is -0.376 e. The van der Waals surface area contributed by atoms with Crippen molar-refractivity contribution in [3.05, 3.63) is 29.8 Å². The van der Waals surface area contributed by atoms with Gasteiger partial charge >= 0.3 is 6.18 Å². The first-order valence-electron chi connectivity index (χ1n) is 6.65. The second-order valence-electron chi connectivity index (χ2n) is 4.98. The van der Waals surface area contributed by atoms with Gasteiger partial charge in [0.2, 0.25) is 5.91 Å². The molecular formula is C14H17F3N2O. The Hall–Kier alpha value is -1.72. The Kier molecular flexibility index (Phi) is 4.52. The van der Waals surface area contributed by atoms with Crippen LogP contribution in [-0.4, -0.2) is 18.5 Å². The Morgan fingerprint density at radius 2 is 1.95 bits per heavy atom. The van der Waals surface area contributed by atoms with Crippen LogP contribution in [-0.2, 0) is 11.0 Å². The highest BCUT2D eigenvalue weighted by molar-refractivity contribution is 5.81. The maximum atomic E-state index is 12.5. The summed E-state index contributed by atoms with van der Waals surface area (Å²) in [6, 6.07) is 5.05. The van der Waals surface area contributed by atoms with E-state index in [1.54, 1.807) is 0 Å². The number of hydrogen-bond donors (Lipinski definition) is 2. The Morgan fingerprint density at radius 1 is 1.25 bits per heavy atom. The lowest BCUT2D eigenvalue weighted by Crippen LogP contribution is -2.36. The molecule has 0 heterocycles. The molecule has 0 aliphatic heterocycles. The molecule has 2 N–H and O–H groups in total. The summed E-state index contributed by atoms with van der Waals surface area (Å²) in [6.45, 7) is -0.0161. The minimum atomic E-state index is -4.37. The molecule has 0 spiro atoms. The van der Waals surface area contributed by atoms with Gasteiger partial charge in [0.15, 0.2) is 0 Å². The third kappa shape index (κ3) is 4.15. The maximum Gasteiger partial charge on any atom is 0.416 e. The molecule has 110 valence electrons. The van der Waals surface area contributed by atoms with Gasteiger partial charge in [0, 0.05) is 11.7 Å². The summed E-state index contributed by atoms with van der Waals surface area (Å²) in [5.41, 5.74) is -0.430. The van der Waals surface area contributed by atoms with Crippen molar-refractivity contribution >= 4 is 11.6 Å². The molecule has 1 fully saturated rings. The second kappa shape index (κ2) is 6.15. The maximum absolute atomic E-state index is 12.5. The van der Waals surface area contributed by atoms with Crippen LogP contribution in [0, 0.1) is 0 Å². The quantitative estimate of drug-likeness (QED) is 0.892. The Balaban J connectivity index is 1.85. The summed E-state index contributed by atoms with van der Waals surface area (Å²) in [5, 5.41) is 5.59. The van der Waals surface area contributed by atoms with Crippen molar-refractivity contribution in [2.75, 3.05) is 11.9 Å². The molecule has 1 aliphatic rings. The van der Waals surface area contributed by atoms with Crippen LogP contribution >= 0.6 is 0 Å². The van der Waals surface area contributed by atoms with Crippen LogP contribution in [0.3, 0.4) is 0 Å². The number of alkyl halides is 3. The number of amides is 1. The molecule has 0 radical (unpaired) electrons. The van der Waals surface area contributed by atoms with Gasteiger partial charge in [-0.2, -0.15) is 13.2 Å². The largest absolute Gasteiger partial charge is 0.416 e. The molecule has 3 nitrogen and oxygen atoms in total. The molecule has 1 amide bonds. The summed E-state index contributed by atoms with van der Waals surface area (Å²) < 4.78 is 37.6. The van der Waals surface area contributed by atoms with E-state index in [0.29, 0.717) is 5.69 Å².